The number of rotatable bonds is 11. The van der Waals surface area contributed by atoms with E-state index in [1.807, 2.05) is 38.4 Å². The number of aromatic nitrogens is 3. The number of unbranched alkanes of at least 4 members (excludes halogenated alkanes) is 1. The number of ether oxygens (including phenoxy) is 1. The molecule has 0 saturated heterocycles. The molecule has 0 atom stereocenters. The summed E-state index contributed by atoms with van der Waals surface area (Å²) < 4.78 is 33.9. The van der Waals surface area contributed by atoms with Gasteiger partial charge in [0.25, 0.3) is 11.5 Å². The van der Waals surface area contributed by atoms with Crippen LogP contribution in [0.5, 0.6) is 5.75 Å². The minimum absolute atomic E-state index is 0.0558. The van der Waals surface area contributed by atoms with Crippen molar-refractivity contribution in [1.29, 1.82) is 0 Å². The Kier molecular flexibility index (Phi) is 8.75. The molecular weight excluding hydrogens is 492 g/mol. The van der Waals surface area contributed by atoms with Crippen LogP contribution in [0.4, 0.5) is 8.78 Å². The van der Waals surface area contributed by atoms with Gasteiger partial charge in [0, 0.05) is 24.3 Å². The summed E-state index contributed by atoms with van der Waals surface area (Å²) in [6.45, 7) is 1.70. The highest BCUT2D eigenvalue weighted by Crippen LogP contribution is 2.25. The Morgan fingerprint density at radius 2 is 1.87 bits per heavy atom. The zero-order valence-electron chi connectivity index (χ0n) is 21.3. The van der Waals surface area contributed by atoms with E-state index >= 15 is 0 Å². The van der Waals surface area contributed by atoms with Gasteiger partial charge in [0.2, 0.25) is 0 Å². The maximum absolute atomic E-state index is 13.5. The molecule has 0 bridgehead atoms. The Morgan fingerprint density at radius 1 is 1.05 bits per heavy atom. The van der Waals surface area contributed by atoms with E-state index in [1.54, 1.807) is 6.20 Å². The second kappa shape index (κ2) is 12.4. The summed E-state index contributed by atoms with van der Waals surface area (Å²) in [6, 6.07) is 10.8. The van der Waals surface area contributed by atoms with Gasteiger partial charge in [0.05, 0.1) is 25.0 Å². The van der Waals surface area contributed by atoms with Gasteiger partial charge in [-0.25, -0.2) is 13.8 Å². The molecule has 8 nitrogen and oxygen atoms in total. The number of nitrogens with zero attached hydrogens (tertiary/aromatic N) is 4. The van der Waals surface area contributed by atoms with Crippen molar-refractivity contribution in [2.45, 2.75) is 25.9 Å². The normalized spacial score (nSPS) is 11.2. The highest BCUT2D eigenvalue weighted by Gasteiger charge is 2.14. The topological polar surface area (TPSA) is 89.3 Å². The maximum Gasteiger partial charge on any atom is 0.266 e. The summed E-state index contributed by atoms with van der Waals surface area (Å²) >= 11 is 0. The number of nitrogens with one attached hydrogen (secondary N) is 1. The smallest absolute Gasteiger partial charge is 0.266 e. The lowest BCUT2D eigenvalue weighted by molar-refractivity contribution is 0.0948. The molecule has 0 radical (unpaired) electrons. The molecule has 0 aliphatic heterocycles. The third kappa shape index (κ3) is 6.77. The highest BCUT2D eigenvalue weighted by atomic mass is 19.2. The van der Waals surface area contributed by atoms with Crippen LogP contribution in [0.25, 0.3) is 10.9 Å². The van der Waals surface area contributed by atoms with Gasteiger partial charge < -0.3 is 15.0 Å². The number of benzene rings is 2. The first-order chi connectivity index (χ1) is 18.3. The molecule has 4 rings (SSSR count). The molecule has 4 aromatic rings. The average Bonchev–Trinajstić information content (AvgIpc) is 2.90. The fourth-order valence-electron chi connectivity index (χ4n) is 3.95. The largest absolute Gasteiger partial charge is 0.493 e. The lowest BCUT2D eigenvalue weighted by atomic mass is 10.1. The van der Waals surface area contributed by atoms with Crippen LogP contribution in [-0.4, -0.2) is 52.6 Å². The average molecular weight is 522 g/mol. The summed E-state index contributed by atoms with van der Waals surface area (Å²) in [5.74, 6) is -1.86. The van der Waals surface area contributed by atoms with Gasteiger partial charge in [-0.2, -0.15) is 0 Å². The van der Waals surface area contributed by atoms with E-state index in [-0.39, 0.29) is 18.7 Å². The van der Waals surface area contributed by atoms with Crippen molar-refractivity contribution in [2.24, 2.45) is 0 Å². The SMILES string of the molecule is CN(C)CCCCOc1ccnc2ccc(CNC(=O)c3cncn(Cc4ccc(F)c(F)c4)c3=O)cc12. The van der Waals surface area contributed by atoms with Crippen molar-refractivity contribution in [3.05, 3.63) is 99.9 Å². The van der Waals surface area contributed by atoms with Gasteiger partial charge >= 0.3 is 0 Å². The number of hydrogen-bond acceptors (Lipinski definition) is 6. The van der Waals surface area contributed by atoms with E-state index in [0.29, 0.717) is 12.2 Å². The van der Waals surface area contributed by atoms with Crippen LogP contribution in [0.3, 0.4) is 0 Å². The molecule has 0 aliphatic rings. The van der Waals surface area contributed by atoms with Gasteiger partial charge in [-0.15, -0.1) is 0 Å². The number of pyridine rings is 1. The Balaban J connectivity index is 1.42. The van der Waals surface area contributed by atoms with Crippen molar-refractivity contribution in [3.63, 3.8) is 0 Å². The number of fused-ring (bicyclic) bond motifs is 1. The first-order valence-electron chi connectivity index (χ1n) is 12.2. The zero-order chi connectivity index (χ0) is 27.1. The fraction of sp³-hybridized carbons (Fsp3) is 0.286. The molecule has 2 heterocycles. The van der Waals surface area contributed by atoms with Gasteiger partial charge in [0.1, 0.15) is 11.3 Å². The molecule has 1 amide bonds. The van der Waals surface area contributed by atoms with Gasteiger partial charge in [0.15, 0.2) is 11.6 Å². The predicted octanol–water partition coefficient (Wildman–Crippen LogP) is 3.77. The van der Waals surface area contributed by atoms with Crippen molar-refractivity contribution in [1.82, 2.24) is 24.8 Å². The van der Waals surface area contributed by atoms with E-state index in [9.17, 15) is 18.4 Å². The van der Waals surface area contributed by atoms with Crippen LogP contribution in [0.1, 0.15) is 34.3 Å². The van der Waals surface area contributed by atoms with E-state index in [2.05, 4.69) is 20.2 Å². The molecule has 2 aromatic carbocycles. The van der Waals surface area contributed by atoms with Crippen molar-refractivity contribution < 1.29 is 18.3 Å². The first kappa shape index (κ1) is 26.9. The van der Waals surface area contributed by atoms with E-state index < -0.39 is 23.1 Å². The molecule has 0 fully saturated rings. The number of carbonyl (C=O) groups is 1. The highest BCUT2D eigenvalue weighted by molar-refractivity contribution is 5.93. The Labute approximate surface area is 218 Å². The number of amides is 1. The molecule has 1 N–H and O–H groups in total. The zero-order valence-corrected chi connectivity index (χ0v) is 21.3. The number of carbonyl (C=O) groups excluding carboxylic acids is 1. The summed E-state index contributed by atoms with van der Waals surface area (Å²) in [7, 11) is 4.08. The van der Waals surface area contributed by atoms with Crippen molar-refractivity contribution in [2.75, 3.05) is 27.2 Å². The lowest BCUT2D eigenvalue weighted by Gasteiger charge is -2.12. The van der Waals surface area contributed by atoms with Crippen LogP contribution >= 0.6 is 0 Å². The van der Waals surface area contributed by atoms with E-state index in [0.717, 1.165) is 53.7 Å². The summed E-state index contributed by atoms with van der Waals surface area (Å²) in [6.07, 6.45) is 6.10. The van der Waals surface area contributed by atoms with Gasteiger partial charge in [-0.05, 0) is 74.9 Å². The van der Waals surface area contributed by atoms with Crippen LogP contribution < -0.4 is 15.6 Å². The second-order valence-electron chi connectivity index (χ2n) is 9.19. The molecule has 10 heteroatoms. The summed E-state index contributed by atoms with van der Waals surface area (Å²) in [5.41, 5.74) is 1.21. The second-order valence-corrected chi connectivity index (χ2v) is 9.19. The lowest BCUT2D eigenvalue weighted by Crippen LogP contribution is -2.33. The standard InChI is InChI=1S/C28H29F2N5O3/c1-34(2)11-3-4-12-38-26-9-10-32-25-8-6-19(13-21(25)26)15-33-27(36)22-16-31-18-35(28(22)37)17-20-5-7-23(29)24(30)14-20/h5-10,13-14,16,18H,3-4,11-12,15,17H2,1-2H3,(H,33,36). The summed E-state index contributed by atoms with van der Waals surface area (Å²) in [4.78, 5) is 36.1. The van der Waals surface area contributed by atoms with Crippen molar-refractivity contribution >= 4 is 16.8 Å². The molecule has 0 aliphatic carbocycles. The molecule has 38 heavy (non-hydrogen) atoms. The van der Waals surface area contributed by atoms with Crippen LogP contribution in [0.2, 0.25) is 0 Å². The minimum atomic E-state index is -1.01. The summed E-state index contributed by atoms with van der Waals surface area (Å²) in [5, 5.41) is 3.59. The molecule has 198 valence electrons. The number of hydrogen-bond donors (Lipinski definition) is 1. The molecule has 2 aromatic heterocycles. The fourth-order valence-corrected chi connectivity index (χ4v) is 3.95. The monoisotopic (exact) mass is 521 g/mol. The molecule has 0 spiro atoms. The minimum Gasteiger partial charge on any atom is -0.493 e. The predicted molar refractivity (Wildman–Crippen MR) is 140 cm³/mol. The maximum atomic E-state index is 13.5. The van der Waals surface area contributed by atoms with Gasteiger partial charge in [-0.1, -0.05) is 12.1 Å². The van der Waals surface area contributed by atoms with E-state index in [1.165, 1.54) is 23.2 Å². The van der Waals surface area contributed by atoms with Crippen LogP contribution in [0.15, 0.2) is 66.0 Å². The number of halogens is 2. The van der Waals surface area contributed by atoms with Crippen LogP contribution in [-0.2, 0) is 13.1 Å². The van der Waals surface area contributed by atoms with Gasteiger partial charge in [-0.3, -0.25) is 19.1 Å². The van der Waals surface area contributed by atoms with E-state index in [4.69, 9.17) is 4.74 Å². The Bertz CT molecular complexity index is 1490. The Morgan fingerprint density at radius 3 is 2.66 bits per heavy atom. The molecule has 0 saturated carbocycles. The van der Waals surface area contributed by atoms with Crippen LogP contribution in [0, 0.1) is 11.6 Å². The third-order valence-electron chi connectivity index (χ3n) is 5.96. The molecule has 0 unspecified atom stereocenters. The molecular formula is C28H29F2N5O3. The quantitative estimate of drug-likeness (QED) is 0.302. The Hall–Kier alpha value is -4.18. The van der Waals surface area contributed by atoms with Crippen molar-refractivity contribution in [3.8, 4) is 5.75 Å². The third-order valence-corrected chi connectivity index (χ3v) is 5.96. The first-order valence-corrected chi connectivity index (χ1v) is 12.2.